The van der Waals surface area contributed by atoms with Crippen molar-refractivity contribution in [2.75, 3.05) is 7.11 Å². The largest absolute Gasteiger partial charge is 0.504 e. The minimum absolute atomic E-state index is 0.115. The molecule has 0 amide bonds. The highest BCUT2D eigenvalue weighted by Crippen LogP contribution is 2.26. The van der Waals surface area contributed by atoms with Crippen molar-refractivity contribution < 1.29 is 14.6 Å². The van der Waals surface area contributed by atoms with Gasteiger partial charge in [0.05, 0.1) is 7.11 Å². The first-order chi connectivity index (χ1) is 11.8. The Morgan fingerprint density at radius 2 is 1.72 bits per heavy atom. The van der Waals surface area contributed by atoms with Crippen LogP contribution in [0.4, 0.5) is 0 Å². The average molecular weight is 359 g/mol. The summed E-state index contributed by atoms with van der Waals surface area (Å²) >= 11 is 5.21. The van der Waals surface area contributed by atoms with Crippen LogP contribution in [0.5, 0.6) is 11.5 Å². The van der Waals surface area contributed by atoms with Gasteiger partial charge in [-0.25, -0.2) is 0 Å². The van der Waals surface area contributed by atoms with Crippen molar-refractivity contribution in [2.24, 2.45) is 0 Å². The van der Waals surface area contributed by atoms with Crippen LogP contribution >= 0.6 is 12.2 Å². The molecule has 134 valence electrons. The van der Waals surface area contributed by atoms with E-state index < -0.39 is 0 Å². The molecular formula is C20H25NO3S. The summed E-state index contributed by atoms with van der Waals surface area (Å²) in [4.78, 5) is 0. The zero-order valence-electron chi connectivity index (χ0n) is 15.1. The van der Waals surface area contributed by atoms with E-state index in [1.54, 1.807) is 18.2 Å². The van der Waals surface area contributed by atoms with E-state index in [0.29, 0.717) is 24.1 Å². The minimum atomic E-state index is 0.115. The molecule has 0 bridgehead atoms. The van der Waals surface area contributed by atoms with Crippen LogP contribution in [0.25, 0.3) is 0 Å². The van der Waals surface area contributed by atoms with Crippen LogP contribution in [0.2, 0.25) is 0 Å². The molecule has 0 saturated heterocycles. The molecule has 0 aliphatic carbocycles. The maximum atomic E-state index is 9.60. The highest BCUT2D eigenvalue weighted by atomic mass is 32.1. The number of rotatable bonds is 5. The molecule has 0 spiro atoms. The van der Waals surface area contributed by atoms with E-state index in [9.17, 15) is 5.11 Å². The molecule has 2 aromatic rings. The predicted octanol–water partition coefficient (Wildman–Crippen LogP) is 4.29. The summed E-state index contributed by atoms with van der Waals surface area (Å²) in [7, 11) is 1.52. The van der Waals surface area contributed by atoms with Crippen LogP contribution in [0.3, 0.4) is 0 Å². The number of phenols is 1. The van der Waals surface area contributed by atoms with Crippen LogP contribution in [0.15, 0.2) is 42.5 Å². The van der Waals surface area contributed by atoms with Crippen LogP contribution in [0, 0.1) is 0 Å². The lowest BCUT2D eigenvalue weighted by Gasteiger charge is -2.19. The first-order valence-electron chi connectivity index (χ1n) is 8.15. The molecule has 5 heteroatoms. The maximum Gasteiger partial charge on any atom is 0.257 e. The Morgan fingerprint density at radius 3 is 2.32 bits per heavy atom. The maximum absolute atomic E-state index is 9.60. The summed E-state index contributed by atoms with van der Waals surface area (Å²) in [5, 5.41) is 13.0. The first kappa shape index (κ1) is 19.1. The molecule has 2 aromatic carbocycles. The van der Waals surface area contributed by atoms with E-state index in [1.807, 2.05) is 0 Å². The molecule has 0 radical (unpaired) electrons. The van der Waals surface area contributed by atoms with Crippen molar-refractivity contribution in [2.45, 2.75) is 39.3 Å². The molecule has 2 rings (SSSR count). The molecule has 0 saturated carbocycles. The summed E-state index contributed by atoms with van der Waals surface area (Å²) in [5.74, 6) is 0.550. The molecule has 0 heterocycles. The predicted molar refractivity (Wildman–Crippen MR) is 104 cm³/mol. The third kappa shape index (κ3) is 5.64. The number of benzene rings is 2. The number of hydrogen-bond acceptors (Lipinski definition) is 4. The summed E-state index contributed by atoms with van der Waals surface area (Å²) in [5.41, 5.74) is 3.44. The zero-order chi connectivity index (χ0) is 18.4. The van der Waals surface area contributed by atoms with Gasteiger partial charge in [0, 0.05) is 6.54 Å². The zero-order valence-corrected chi connectivity index (χ0v) is 15.9. The van der Waals surface area contributed by atoms with Gasteiger partial charge in [-0.15, -0.1) is 0 Å². The minimum Gasteiger partial charge on any atom is -0.504 e. The lowest BCUT2D eigenvalue weighted by molar-refractivity contribution is 0.286. The van der Waals surface area contributed by atoms with Crippen LogP contribution in [-0.4, -0.2) is 17.4 Å². The Labute approximate surface area is 154 Å². The van der Waals surface area contributed by atoms with Crippen LogP contribution in [0.1, 0.15) is 37.5 Å². The fourth-order valence-electron chi connectivity index (χ4n) is 2.31. The third-order valence-electron chi connectivity index (χ3n) is 3.87. The van der Waals surface area contributed by atoms with Gasteiger partial charge in [0.25, 0.3) is 5.17 Å². The normalized spacial score (nSPS) is 11.0. The quantitative estimate of drug-likeness (QED) is 0.780. The van der Waals surface area contributed by atoms with E-state index >= 15 is 0 Å². The van der Waals surface area contributed by atoms with Gasteiger partial charge in [0.15, 0.2) is 11.5 Å². The van der Waals surface area contributed by atoms with Gasteiger partial charge in [0.2, 0.25) is 0 Å². The fraction of sp³-hybridized carbons (Fsp3) is 0.350. The van der Waals surface area contributed by atoms with E-state index in [1.165, 1.54) is 12.7 Å². The Balaban J connectivity index is 1.83. The van der Waals surface area contributed by atoms with Gasteiger partial charge >= 0.3 is 0 Å². The Bertz CT molecular complexity index is 721. The third-order valence-corrected chi connectivity index (χ3v) is 4.13. The number of methoxy groups -OCH3 is 1. The Morgan fingerprint density at radius 1 is 1.08 bits per heavy atom. The molecule has 0 fully saturated rings. The smallest absolute Gasteiger partial charge is 0.257 e. The van der Waals surface area contributed by atoms with Gasteiger partial charge in [0.1, 0.15) is 6.61 Å². The van der Waals surface area contributed by atoms with E-state index in [2.05, 4.69) is 50.4 Å². The number of phenolic OH excluding ortho intramolecular Hbond substituents is 1. The highest BCUT2D eigenvalue weighted by molar-refractivity contribution is 7.80. The fourth-order valence-corrected chi connectivity index (χ4v) is 2.44. The second-order valence-corrected chi connectivity index (χ2v) is 7.25. The highest BCUT2D eigenvalue weighted by Gasteiger charge is 2.12. The number of thiocarbonyl (C=S) groups is 1. The van der Waals surface area contributed by atoms with Crippen molar-refractivity contribution in [3.05, 3.63) is 59.2 Å². The van der Waals surface area contributed by atoms with Gasteiger partial charge in [-0.05, 0) is 46.5 Å². The number of nitrogens with one attached hydrogen (secondary N) is 1. The Hall–Kier alpha value is -2.27. The summed E-state index contributed by atoms with van der Waals surface area (Å²) in [6, 6.07) is 13.5. The lowest BCUT2D eigenvalue weighted by atomic mass is 9.87. The van der Waals surface area contributed by atoms with Gasteiger partial charge < -0.3 is 19.9 Å². The molecule has 2 N–H and O–H groups in total. The second-order valence-electron chi connectivity index (χ2n) is 6.88. The van der Waals surface area contributed by atoms with Gasteiger partial charge in [-0.1, -0.05) is 51.1 Å². The topological polar surface area (TPSA) is 50.7 Å². The molecule has 0 aliphatic rings. The van der Waals surface area contributed by atoms with Crippen LogP contribution < -0.4 is 10.1 Å². The molecule has 0 aliphatic heterocycles. The van der Waals surface area contributed by atoms with Crippen LogP contribution in [-0.2, 0) is 23.3 Å². The Kier molecular flexibility index (Phi) is 6.26. The average Bonchev–Trinajstić information content (AvgIpc) is 2.58. The standard InChI is InChI=1S/C20H25NO3S/c1-20(2,3)16-8-5-14(6-9-16)13-24-19(25)21-12-15-7-10-17(22)18(11-15)23-4/h5-11,22H,12-13H2,1-4H3,(H,21,25). The van der Waals surface area contributed by atoms with Crippen molar-refractivity contribution in [3.63, 3.8) is 0 Å². The van der Waals surface area contributed by atoms with E-state index in [-0.39, 0.29) is 11.2 Å². The molecule has 25 heavy (non-hydrogen) atoms. The number of ether oxygens (including phenoxy) is 2. The number of hydrogen-bond donors (Lipinski definition) is 2. The SMILES string of the molecule is COc1cc(CNC(=S)OCc2ccc(C(C)(C)C)cc2)ccc1O. The van der Waals surface area contributed by atoms with E-state index in [0.717, 1.165) is 11.1 Å². The van der Waals surface area contributed by atoms with Crippen molar-refractivity contribution in [1.82, 2.24) is 5.32 Å². The summed E-state index contributed by atoms with van der Waals surface area (Å²) in [6.07, 6.45) is 0. The molecule has 0 aromatic heterocycles. The van der Waals surface area contributed by atoms with Crippen molar-refractivity contribution in [1.29, 1.82) is 0 Å². The monoisotopic (exact) mass is 359 g/mol. The lowest BCUT2D eigenvalue weighted by Crippen LogP contribution is -2.23. The summed E-state index contributed by atoms with van der Waals surface area (Å²) in [6.45, 7) is 7.50. The van der Waals surface area contributed by atoms with Crippen molar-refractivity contribution >= 4 is 17.4 Å². The molecule has 0 unspecified atom stereocenters. The molecule has 4 nitrogen and oxygen atoms in total. The van der Waals surface area contributed by atoms with Gasteiger partial charge in [-0.2, -0.15) is 0 Å². The molecule has 0 atom stereocenters. The molecular weight excluding hydrogens is 334 g/mol. The second kappa shape index (κ2) is 8.21. The summed E-state index contributed by atoms with van der Waals surface area (Å²) < 4.78 is 10.7. The number of aromatic hydroxyl groups is 1. The van der Waals surface area contributed by atoms with Gasteiger partial charge in [-0.3, -0.25) is 0 Å². The van der Waals surface area contributed by atoms with Crippen molar-refractivity contribution in [3.8, 4) is 11.5 Å². The van der Waals surface area contributed by atoms with E-state index in [4.69, 9.17) is 21.7 Å². The first-order valence-corrected chi connectivity index (χ1v) is 8.56.